The summed E-state index contributed by atoms with van der Waals surface area (Å²) in [7, 11) is 0.760. The highest BCUT2D eigenvalue weighted by molar-refractivity contribution is 6.74. The van der Waals surface area contributed by atoms with E-state index < -0.39 is 49.7 Å². The predicted octanol–water partition coefficient (Wildman–Crippen LogP) is 5.21. The van der Waals surface area contributed by atoms with Crippen LogP contribution in [0.2, 0.25) is 18.1 Å². The number of methoxy groups -OCH3 is 2. The molecule has 250 valence electrons. The fourth-order valence-electron chi connectivity index (χ4n) is 5.63. The first-order valence-corrected chi connectivity index (χ1v) is 18.5. The number of benzene rings is 3. The van der Waals surface area contributed by atoms with Crippen molar-refractivity contribution in [2.24, 2.45) is 0 Å². The molecule has 0 spiro atoms. The minimum Gasteiger partial charge on any atom is -0.497 e. The Morgan fingerprint density at radius 3 is 1.85 bits per heavy atom. The van der Waals surface area contributed by atoms with Crippen LogP contribution in [0.4, 0.5) is 0 Å². The van der Waals surface area contributed by atoms with E-state index in [2.05, 4.69) is 38.8 Å². The number of nitrogens with one attached hydrogen (secondary N) is 1. The Labute approximate surface area is 276 Å². The molecule has 4 atom stereocenters. The molecule has 11 heteroatoms. The van der Waals surface area contributed by atoms with Gasteiger partial charge in [-0.3, -0.25) is 14.3 Å². The topological polar surface area (TPSA) is 121 Å². The van der Waals surface area contributed by atoms with Crippen LogP contribution in [0.25, 0.3) is 0 Å². The molecule has 1 aromatic heterocycles. The van der Waals surface area contributed by atoms with Crippen LogP contribution in [0.1, 0.15) is 43.7 Å². The quantitative estimate of drug-likeness (QED) is 0.166. The molecule has 0 amide bonds. The van der Waals surface area contributed by atoms with Gasteiger partial charge in [-0.15, -0.1) is 0 Å². The van der Waals surface area contributed by atoms with Crippen LogP contribution in [0.15, 0.2) is 101 Å². The van der Waals surface area contributed by atoms with Gasteiger partial charge in [-0.2, -0.15) is 0 Å². The molecule has 5 rings (SSSR count). The third-order valence-corrected chi connectivity index (χ3v) is 13.8. The van der Waals surface area contributed by atoms with Crippen LogP contribution in [-0.2, 0) is 19.5 Å². The van der Waals surface area contributed by atoms with Gasteiger partial charge in [-0.25, -0.2) is 4.79 Å². The molecule has 0 unspecified atom stereocenters. The Kier molecular flexibility index (Phi) is 9.95. The number of aromatic nitrogens is 2. The van der Waals surface area contributed by atoms with Crippen molar-refractivity contribution < 1.29 is 28.5 Å². The predicted molar refractivity (Wildman–Crippen MR) is 182 cm³/mol. The monoisotopic (exact) mass is 661 g/mol. The van der Waals surface area contributed by atoms with E-state index in [1.807, 2.05) is 78.9 Å². The van der Waals surface area contributed by atoms with E-state index in [9.17, 15) is 14.7 Å². The van der Waals surface area contributed by atoms with Crippen molar-refractivity contribution in [2.45, 2.75) is 69.0 Å². The fourth-order valence-corrected chi connectivity index (χ4v) is 6.92. The first-order valence-electron chi connectivity index (χ1n) is 15.6. The Balaban J connectivity index is 1.59. The lowest BCUT2D eigenvalue weighted by Crippen LogP contribution is -2.50. The number of nitrogens with zero attached hydrogens (tertiary/aromatic N) is 1. The molecule has 4 aromatic rings. The van der Waals surface area contributed by atoms with Gasteiger partial charge in [0.05, 0.1) is 20.8 Å². The summed E-state index contributed by atoms with van der Waals surface area (Å²) in [6.45, 7) is 10.4. The van der Waals surface area contributed by atoms with E-state index >= 15 is 0 Å². The third-order valence-electron chi connectivity index (χ3n) is 9.31. The normalized spacial score (nSPS) is 20.3. The van der Waals surface area contributed by atoms with Gasteiger partial charge in [0.1, 0.15) is 35.4 Å². The molecule has 0 aliphatic carbocycles. The highest BCUT2D eigenvalue weighted by Crippen LogP contribution is 2.44. The Hall–Kier alpha value is -4.00. The Bertz CT molecular complexity index is 1700. The number of ether oxygens (including phenoxy) is 4. The highest BCUT2D eigenvalue weighted by atomic mass is 28.4. The van der Waals surface area contributed by atoms with Gasteiger partial charge in [0.25, 0.3) is 5.56 Å². The Morgan fingerprint density at radius 2 is 1.36 bits per heavy atom. The summed E-state index contributed by atoms with van der Waals surface area (Å²) >= 11 is 0. The maximum Gasteiger partial charge on any atom is 0.330 e. The van der Waals surface area contributed by atoms with Crippen LogP contribution >= 0.6 is 0 Å². The van der Waals surface area contributed by atoms with Gasteiger partial charge in [0, 0.05) is 12.3 Å². The molecule has 0 radical (unpaired) electrons. The molecule has 2 N–H and O–H groups in total. The maximum absolute atomic E-state index is 13.0. The first-order chi connectivity index (χ1) is 22.3. The molecule has 1 aliphatic rings. The molecule has 2 heterocycles. The molecule has 10 nitrogen and oxygen atoms in total. The number of aromatic amines is 1. The molecular formula is C36H44N2O8Si. The van der Waals surface area contributed by atoms with E-state index in [1.165, 1.54) is 16.8 Å². The number of rotatable bonds is 11. The Morgan fingerprint density at radius 1 is 0.830 bits per heavy atom. The third kappa shape index (κ3) is 6.86. The van der Waals surface area contributed by atoms with Crippen molar-refractivity contribution in [3.05, 3.63) is 129 Å². The van der Waals surface area contributed by atoms with Crippen LogP contribution in [0, 0.1) is 0 Å². The van der Waals surface area contributed by atoms with Gasteiger partial charge in [0.2, 0.25) is 0 Å². The average Bonchev–Trinajstić information content (AvgIpc) is 3.35. The number of aliphatic hydroxyl groups excluding tert-OH is 1. The number of H-pyrrole nitrogens is 1. The molecule has 47 heavy (non-hydrogen) atoms. The first kappa shape index (κ1) is 34.3. The summed E-state index contributed by atoms with van der Waals surface area (Å²) < 4.78 is 32.4. The van der Waals surface area contributed by atoms with Gasteiger partial charge < -0.3 is 28.5 Å². The smallest absolute Gasteiger partial charge is 0.330 e. The second-order valence-electron chi connectivity index (χ2n) is 13.2. The van der Waals surface area contributed by atoms with E-state index in [4.69, 9.17) is 23.4 Å². The highest BCUT2D eigenvalue weighted by Gasteiger charge is 2.51. The molecular weight excluding hydrogens is 617 g/mol. The van der Waals surface area contributed by atoms with Crippen molar-refractivity contribution >= 4 is 8.32 Å². The molecule has 0 bridgehead atoms. The largest absolute Gasteiger partial charge is 0.497 e. The lowest BCUT2D eigenvalue weighted by Gasteiger charge is -2.40. The molecule has 3 aromatic carbocycles. The van der Waals surface area contributed by atoms with E-state index in [0.717, 1.165) is 16.7 Å². The minimum atomic E-state index is -2.47. The summed E-state index contributed by atoms with van der Waals surface area (Å²) in [6, 6.07) is 26.4. The molecule has 1 fully saturated rings. The van der Waals surface area contributed by atoms with Gasteiger partial charge in [0.15, 0.2) is 14.5 Å². The molecule has 1 aliphatic heterocycles. The van der Waals surface area contributed by atoms with Crippen molar-refractivity contribution in [2.75, 3.05) is 20.8 Å². The van der Waals surface area contributed by atoms with Gasteiger partial charge in [-0.1, -0.05) is 75.4 Å². The SMILES string of the molecule is COc1ccc(C(OC[C@H]2O[C@@H](n3ccc(=O)[15nH]c3=O)[C@H](O[Si](C)(C)C(C)(C)C)[C@@H]2O)(c2ccccc2)c2ccc(OC)cc2)cc1. The number of hydrogen-bond donors (Lipinski definition) is 2. The number of hydrogen-bond acceptors (Lipinski definition) is 8. The van der Waals surface area contributed by atoms with E-state index in [0.29, 0.717) is 11.5 Å². The van der Waals surface area contributed by atoms with Crippen molar-refractivity contribution in [1.82, 2.24) is 9.55 Å². The fraction of sp³-hybridized carbons (Fsp3) is 0.389. The maximum atomic E-state index is 13.0. The summed E-state index contributed by atoms with van der Waals surface area (Å²) in [5.41, 5.74) is 0.166. The van der Waals surface area contributed by atoms with Gasteiger partial charge >= 0.3 is 5.69 Å². The van der Waals surface area contributed by atoms with Crippen molar-refractivity contribution in [3.63, 3.8) is 0 Å². The van der Waals surface area contributed by atoms with Gasteiger partial charge in [-0.05, 0) is 59.1 Å². The van der Waals surface area contributed by atoms with E-state index in [-0.39, 0.29) is 11.6 Å². The second-order valence-corrected chi connectivity index (χ2v) is 18.0. The van der Waals surface area contributed by atoms with Crippen LogP contribution in [-0.4, -0.2) is 62.1 Å². The van der Waals surface area contributed by atoms with Crippen LogP contribution in [0.5, 0.6) is 11.5 Å². The van der Waals surface area contributed by atoms with Crippen molar-refractivity contribution in [1.29, 1.82) is 0 Å². The average molecular weight is 662 g/mol. The van der Waals surface area contributed by atoms with Crippen molar-refractivity contribution in [3.8, 4) is 11.5 Å². The summed E-state index contributed by atoms with van der Waals surface area (Å²) in [4.78, 5) is 27.2. The van der Waals surface area contributed by atoms with E-state index in [1.54, 1.807) is 14.2 Å². The lowest BCUT2D eigenvalue weighted by molar-refractivity contribution is -0.0956. The second kappa shape index (κ2) is 13.6. The minimum absolute atomic E-state index is 0.0694. The molecule has 1 saturated heterocycles. The zero-order valence-electron chi connectivity index (χ0n) is 27.9. The summed E-state index contributed by atoms with van der Waals surface area (Å²) in [6.07, 6.45) is -2.60. The zero-order valence-corrected chi connectivity index (χ0v) is 28.9. The van der Waals surface area contributed by atoms with Crippen LogP contribution < -0.4 is 20.7 Å². The number of aliphatic hydroxyl groups is 1. The zero-order chi connectivity index (χ0) is 34.0. The summed E-state index contributed by atoms with van der Waals surface area (Å²) in [5.74, 6) is 1.39. The standard InChI is InChI=1S/C36H44N2O8Si/c1-35(2,3)47(6,7)46-32-31(40)29(45-33(32)38-22-21-30(39)37-34(38)41)23-44-36(24-11-9-8-10-12-24,25-13-17-27(42-4)18-14-25)26-15-19-28(43-5)20-16-26/h8-22,29,31-33,40H,23H2,1-7H3,(H,37,39,41)/t29-,31-,32-,33-/m1/s1/i37+1. The summed E-state index contributed by atoms with van der Waals surface area (Å²) in [5, 5.41) is 11.7. The lowest BCUT2D eigenvalue weighted by atomic mass is 9.80. The molecule has 0 saturated carbocycles. The van der Waals surface area contributed by atoms with Crippen LogP contribution in [0.3, 0.4) is 0 Å².